The van der Waals surface area contributed by atoms with E-state index in [1.165, 1.54) is 22.5 Å². The van der Waals surface area contributed by atoms with Crippen LogP contribution in [0.15, 0.2) is 36.1 Å². The molecule has 0 aliphatic carbocycles. The Hall–Kier alpha value is -1.57. The van der Waals surface area contributed by atoms with Gasteiger partial charge in [-0.15, -0.1) is 0 Å². The minimum absolute atomic E-state index is 1.00. The van der Waals surface area contributed by atoms with Crippen molar-refractivity contribution in [1.82, 2.24) is 5.32 Å². The molecule has 0 amide bonds. The second-order valence-electron chi connectivity index (χ2n) is 4.30. The van der Waals surface area contributed by atoms with Gasteiger partial charge in [-0.25, -0.2) is 0 Å². The van der Waals surface area contributed by atoms with Crippen molar-refractivity contribution in [2.45, 2.75) is 27.3 Å². The van der Waals surface area contributed by atoms with Gasteiger partial charge in [-0.1, -0.05) is 11.6 Å². The first-order valence-electron chi connectivity index (χ1n) is 5.79. The molecule has 1 aromatic rings. The van der Waals surface area contributed by atoms with Gasteiger partial charge >= 0.3 is 0 Å². The van der Waals surface area contributed by atoms with Gasteiger partial charge in [0.1, 0.15) is 5.70 Å². The molecule has 1 N–H and O–H groups in total. The lowest BCUT2D eigenvalue weighted by Crippen LogP contribution is -2.47. The summed E-state index contributed by atoms with van der Waals surface area (Å²) in [4.78, 5) is 0. The van der Waals surface area contributed by atoms with Crippen LogP contribution in [0, 0.1) is 6.92 Å². The van der Waals surface area contributed by atoms with Crippen LogP contribution in [-0.2, 0) is 6.54 Å². The second-order valence-corrected chi connectivity index (χ2v) is 4.30. The van der Waals surface area contributed by atoms with Gasteiger partial charge in [-0.2, -0.15) is 4.57 Å². The molecule has 1 aliphatic rings. The zero-order valence-electron chi connectivity index (χ0n) is 10.2. The normalized spacial score (nSPS) is 18.2. The number of allylic oxidation sites excluding steroid dienone is 3. The van der Waals surface area contributed by atoms with E-state index in [1.807, 2.05) is 0 Å². The molecule has 0 spiro atoms. The minimum Gasteiger partial charge on any atom is -0.373 e. The standard InChI is InChI=1S/C14H19N2/c1-4-11(2)9-13-14-10-12(3)5-7-16(14)8-6-15-13/h4-5,7,9-10,15H,6,8H2,1-3H3/q+1/b11-4-,13-9-. The highest BCUT2D eigenvalue weighted by Gasteiger charge is 2.20. The molecule has 0 aromatic carbocycles. The van der Waals surface area contributed by atoms with Crippen molar-refractivity contribution in [2.75, 3.05) is 6.54 Å². The van der Waals surface area contributed by atoms with E-state index in [2.05, 4.69) is 61.1 Å². The van der Waals surface area contributed by atoms with Crippen LogP contribution < -0.4 is 9.88 Å². The fraction of sp³-hybridized carbons (Fsp3) is 0.357. The Labute approximate surface area is 97.3 Å². The zero-order chi connectivity index (χ0) is 11.5. The Morgan fingerprint density at radius 1 is 1.50 bits per heavy atom. The van der Waals surface area contributed by atoms with Gasteiger partial charge < -0.3 is 5.32 Å². The van der Waals surface area contributed by atoms with Crippen LogP contribution >= 0.6 is 0 Å². The van der Waals surface area contributed by atoms with Crippen LogP contribution in [0.5, 0.6) is 0 Å². The van der Waals surface area contributed by atoms with Gasteiger partial charge in [-0.05, 0) is 32.4 Å². The minimum atomic E-state index is 1.00. The maximum absolute atomic E-state index is 3.47. The number of nitrogens with one attached hydrogen (secondary N) is 1. The van der Waals surface area contributed by atoms with Crippen LogP contribution in [0.4, 0.5) is 0 Å². The number of aryl methyl sites for hydroxylation is 1. The third-order valence-corrected chi connectivity index (χ3v) is 2.96. The van der Waals surface area contributed by atoms with Gasteiger partial charge in [0.15, 0.2) is 12.7 Å². The molecule has 16 heavy (non-hydrogen) atoms. The number of aromatic nitrogens is 1. The number of rotatable bonds is 1. The van der Waals surface area contributed by atoms with E-state index in [1.54, 1.807) is 0 Å². The summed E-state index contributed by atoms with van der Waals surface area (Å²) in [5.74, 6) is 0. The van der Waals surface area contributed by atoms with Crippen LogP contribution in [0.3, 0.4) is 0 Å². The molecule has 0 saturated heterocycles. The Morgan fingerprint density at radius 2 is 2.31 bits per heavy atom. The zero-order valence-corrected chi connectivity index (χ0v) is 10.2. The molecular formula is C14H19N2+. The van der Waals surface area contributed by atoms with Crippen molar-refractivity contribution in [3.63, 3.8) is 0 Å². The molecule has 0 fully saturated rings. The monoisotopic (exact) mass is 215 g/mol. The first kappa shape index (κ1) is 10.9. The van der Waals surface area contributed by atoms with Crippen LogP contribution in [0.25, 0.3) is 5.70 Å². The van der Waals surface area contributed by atoms with Gasteiger partial charge in [0.2, 0.25) is 5.69 Å². The molecule has 1 aromatic heterocycles. The Morgan fingerprint density at radius 3 is 3.06 bits per heavy atom. The molecule has 2 nitrogen and oxygen atoms in total. The summed E-state index contributed by atoms with van der Waals surface area (Å²) < 4.78 is 2.30. The molecule has 1 aliphatic heterocycles. The van der Waals surface area contributed by atoms with Crippen molar-refractivity contribution in [3.05, 3.63) is 47.3 Å². The number of pyridine rings is 1. The predicted molar refractivity (Wildman–Crippen MR) is 66.8 cm³/mol. The topological polar surface area (TPSA) is 15.9 Å². The second kappa shape index (κ2) is 4.52. The molecular weight excluding hydrogens is 196 g/mol. The molecule has 0 saturated carbocycles. The molecule has 2 heteroatoms. The summed E-state index contributed by atoms with van der Waals surface area (Å²) in [6.07, 6.45) is 6.51. The van der Waals surface area contributed by atoms with Crippen molar-refractivity contribution >= 4 is 5.70 Å². The summed E-state index contributed by atoms with van der Waals surface area (Å²) in [6, 6.07) is 4.40. The third kappa shape index (κ3) is 2.16. The quantitative estimate of drug-likeness (QED) is 0.710. The van der Waals surface area contributed by atoms with Crippen molar-refractivity contribution in [3.8, 4) is 0 Å². The first-order valence-corrected chi connectivity index (χ1v) is 5.79. The van der Waals surface area contributed by atoms with Gasteiger partial charge in [0.25, 0.3) is 0 Å². The lowest BCUT2D eigenvalue weighted by Gasteiger charge is -2.16. The number of hydrogen-bond donors (Lipinski definition) is 1. The largest absolute Gasteiger partial charge is 0.373 e. The predicted octanol–water partition coefficient (Wildman–Crippen LogP) is 2.19. The molecule has 0 bridgehead atoms. The SMILES string of the molecule is C/C=C(C)\C=C1/NCC[n+]2ccc(C)cc21. The maximum atomic E-state index is 3.47. The molecule has 0 unspecified atom stereocenters. The van der Waals surface area contributed by atoms with E-state index in [-0.39, 0.29) is 0 Å². The maximum Gasteiger partial charge on any atom is 0.228 e. The molecule has 2 heterocycles. The lowest BCUT2D eigenvalue weighted by atomic mass is 10.1. The van der Waals surface area contributed by atoms with Gasteiger partial charge in [-0.3, -0.25) is 0 Å². The highest BCUT2D eigenvalue weighted by molar-refractivity contribution is 5.62. The average Bonchev–Trinajstić information content (AvgIpc) is 2.29. The Bertz CT molecular complexity index is 456. The summed E-state index contributed by atoms with van der Waals surface area (Å²) in [5.41, 5.74) is 5.11. The summed E-state index contributed by atoms with van der Waals surface area (Å²) in [6.45, 7) is 8.38. The molecule has 0 radical (unpaired) electrons. The van der Waals surface area contributed by atoms with Crippen molar-refractivity contribution < 1.29 is 4.57 Å². The fourth-order valence-corrected chi connectivity index (χ4v) is 1.90. The first-order chi connectivity index (χ1) is 7.70. The molecule has 2 rings (SSSR count). The molecule has 0 atom stereocenters. The van der Waals surface area contributed by atoms with E-state index in [0.29, 0.717) is 0 Å². The number of nitrogens with zero attached hydrogens (tertiary/aromatic N) is 1. The van der Waals surface area contributed by atoms with E-state index >= 15 is 0 Å². The number of hydrogen-bond acceptors (Lipinski definition) is 1. The van der Waals surface area contributed by atoms with Crippen LogP contribution in [-0.4, -0.2) is 6.54 Å². The van der Waals surface area contributed by atoms with E-state index in [4.69, 9.17) is 0 Å². The Balaban J connectivity index is 2.47. The highest BCUT2D eigenvalue weighted by atomic mass is 15.1. The summed E-state index contributed by atoms with van der Waals surface area (Å²) >= 11 is 0. The molecule has 84 valence electrons. The number of fused-ring (bicyclic) bond motifs is 1. The van der Waals surface area contributed by atoms with E-state index < -0.39 is 0 Å². The fourth-order valence-electron chi connectivity index (χ4n) is 1.90. The van der Waals surface area contributed by atoms with Crippen molar-refractivity contribution in [2.24, 2.45) is 0 Å². The highest BCUT2D eigenvalue weighted by Crippen LogP contribution is 2.14. The van der Waals surface area contributed by atoms with E-state index in [0.717, 1.165) is 13.1 Å². The summed E-state index contributed by atoms with van der Waals surface area (Å²) in [5, 5.41) is 3.47. The van der Waals surface area contributed by atoms with Crippen molar-refractivity contribution in [1.29, 1.82) is 0 Å². The average molecular weight is 215 g/mol. The van der Waals surface area contributed by atoms with E-state index in [9.17, 15) is 0 Å². The van der Waals surface area contributed by atoms with Crippen LogP contribution in [0.2, 0.25) is 0 Å². The third-order valence-electron chi connectivity index (χ3n) is 2.96. The van der Waals surface area contributed by atoms with Crippen LogP contribution in [0.1, 0.15) is 25.1 Å². The Kier molecular flexibility index (Phi) is 3.09. The van der Waals surface area contributed by atoms with Gasteiger partial charge in [0, 0.05) is 12.1 Å². The summed E-state index contributed by atoms with van der Waals surface area (Å²) in [7, 11) is 0. The smallest absolute Gasteiger partial charge is 0.228 e. The lowest BCUT2D eigenvalue weighted by molar-refractivity contribution is -0.700. The van der Waals surface area contributed by atoms with Gasteiger partial charge in [0.05, 0.1) is 6.54 Å².